The smallest absolute Gasteiger partial charge is 0.142 e. The van der Waals surface area contributed by atoms with E-state index in [0.717, 1.165) is 30.0 Å². The lowest BCUT2D eigenvalue weighted by molar-refractivity contribution is -0.119. The molecule has 2 aliphatic rings. The summed E-state index contributed by atoms with van der Waals surface area (Å²) in [6.45, 7) is 0. The average molecular weight is 269 g/mol. The third kappa shape index (κ3) is 1.73. The molecule has 0 N–H and O–H groups in total. The number of Topliss-reactive ketones (excluding diaryl/α,β-unsaturated/α-hetero) is 1. The number of ketones is 1. The molecule has 102 valence electrons. The minimum atomic E-state index is 0.228. The van der Waals surface area contributed by atoms with E-state index in [1.165, 1.54) is 5.56 Å². The van der Waals surface area contributed by atoms with E-state index < -0.39 is 0 Å². The molecule has 2 unspecified atom stereocenters. The molecule has 2 heterocycles. The van der Waals surface area contributed by atoms with Crippen molar-refractivity contribution in [3.8, 4) is 11.4 Å². The molecule has 0 radical (unpaired) electrons. The molecule has 20 heavy (non-hydrogen) atoms. The molecular weight excluding hydrogens is 254 g/mol. The van der Waals surface area contributed by atoms with Crippen LogP contribution >= 0.6 is 0 Å². The molecular formula is C15H15N3O2. The SMILES string of the molecule is COc1ccc2c(c1)-n1nncc1CC(=O)C1CC1C2. The molecule has 0 bridgehead atoms. The van der Waals surface area contributed by atoms with E-state index in [0.29, 0.717) is 18.1 Å². The summed E-state index contributed by atoms with van der Waals surface area (Å²) in [6, 6.07) is 6.01. The van der Waals surface area contributed by atoms with Gasteiger partial charge < -0.3 is 4.74 Å². The van der Waals surface area contributed by atoms with Gasteiger partial charge in [0.2, 0.25) is 0 Å². The van der Waals surface area contributed by atoms with E-state index in [2.05, 4.69) is 16.4 Å². The molecule has 0 amide bonds. The number of hydrogen-bond acceptors (Lipinski definition) is 4. The molecule has 1 fully saturated rings. The fourth-order valence-corrected chi connectivity index (χ4v) is 3.08. The Balaban J connectivity index is 1.89. The van der Waals surface area contributed by atoms with Crippen molar-refractivity contribution in [2.75, 3.05) is 7.11 Å². The third-order valence-corrected chi connectivity index (χ3v) is 4.31. The summed E-state index contributed by atoms with van der Waals surface area (Å²) in [7, 11) is 1.65. The Kier molecular flexibility index (Phi) is 2.42. The van der Waals surface area contributed by atoms with Gasteiger partial charge >= 0.3 is 0 Å². The number of hydrogen-bond donors (Lipinski definition) is 0. The topological polar surface area (TPSA) is 57.0 Å². The molecule has 2 atom stereocenters. The van der Waals surface area contributed by atoms with Crippen LogP contribution in [0, 0.1) is 11.8 Å². The number of carbonyl (C=O) groups excluding carboxylic acids is 1. The average Bonchev–Trinajstić information content (AvgIpc) is 3.07. The van der Waals surface area contributed by atoms with E-state index in [-0.39, 0.29) is 5.92 Å². The van der Waals surface area contributed by atoms with Gasteiger partial charge in [-0.2, -0.15) is 0 Å². The molecule has 5 nitrogen and oxygen atoms in total. The van der Waals surface area contributed by atoms with Crippen LogP contribution in [-0.2, 0) is 17.6 Å². The highest BCUT2D eigenvalue weighted by atomic mass is 16.5. The van der Waals surface area contributed by atoms with E-state index in [1.54, 1.807) is 18.0 Å². The first kappa shape index (κ1) is 11.6. The Bertz CT molecular complexity index is 692. The van der Waals surface area contributed by atoms with E-state index in [4.69, 9.17) is 4.74 Å². The van der Waals surface area contributed by atoms with E-state index in [9.17, 15) is 4.79 Å². The van der Waals surface area contributed by atoms with Crippen molar-refractivity contribution in [2.24, 2.45) is 11.8 Å². The number of benzene rings is 1. The summed E-state index contributed by atoms with van der Waals surface area (Å²) in [4.78, 5) is 12.2. The fraction of sp³-hybridized carbons (Fsp3) is 0.400. The van der Waals surface area contributed by atoms with E-state index in [1.807, 2.05) is 12.1 Å². The van der Waals surface area contributed by atoms with Gasteiger partial charge in [-0.05, 0) is 30.4 Å². The van der Waals surface area contributed by atoms with Crippen molar-refractivity contribution >= 4 is 5.78 Å². The lowest BCUT2D eigenvalue weighted by Gasteiger charge is -2.12. The van der Waals surface area contributed by atoms with Crippen LogP contribution in [0.25, 0.3) is 5.69 Å². The Hall–Kier alpha value is -2.17. The van der Waals surface area contributed by atoms with Crippen LogP contribution in [0.15, 0.2) is 24.4 Å². The Labute approximate surface area is 116 Å². The third-order valence-electron chi connectivity index (χ3n) is 4.31. The van der Waals surface area contributed by atoms with Crippen molar-refractivity contribution in [1.82, 2.24) is 15.0 Å². The van der Waals surface area contributed by atoms with Crippen LogP contribution in [-0.4, -0.2) is 27.9 Å². The van der Waals surface area contributed by atoms with Crippen molar-refractivity contribution in [1.29, 1.82) is 0 Å². The number of nitrogens with zero attached hydrogens (tertiary/aromatic N) is 3. The molecule has 0 saturated heterocycles. The lowest BCUT2D eigenvalue weighted by Crippen LogP contribution is -2.10. The molecule has 5 heteroatoms. The lowest BCUT2D eigenvalue weighted by atomic mass is 10.0. The first-order valence-electron chi connectivity index (χ1n) is 6.86. The maximum absolute atomic E-state index is 12.2. The van der Waals surface area contributed by atoms with Gasteiger partial charge in [0.1, 0.15) is 11.5 Å². The highest BCUT2D eigenvalue weighted by Gasteiger charge is 2.43. The van der Waals surface area contributed by atoms with Gasteiger partial charge in [-0.1, -0.05) is 11.3 Å². The summed E-state index contributed by atoms with van der Waals surface area (Å²) in [5.41, 5.74) is 3.05. The molecule has 2 aromatic rings. The number of methoxy groups -OCH3 is 1. The largest absolute Gasteiger partial charge is 0.497 e. The molecule has 1 saturated carbocycles. The summed E-state index contributed by atoms with van der Waals surface area (Å²) in [5.74, 6) is 1.83. The molecule has 1 aromatic heterocycles. The number of fused-ring (bicyclic) bond motifs is 4. The van der Waals surface area contributed by atoms with Gasteiger partial charge in [-0.3, -0.25) is 4.79 Å². The van der Waals surface area contributed by atoms with Crippen LogP contribution in [0.2, 0.25) is 0 Å². The standard InChI is InChI=1S/C15H15N3O2/c1-20-12-3-2-9-4-10-5-13(10)15(19)6-11-8-16-17-18(11)14(9)7-12/h2-3,7-8,10,13H,4-6H2,1H3. The van der Waals surface area contributed by atoms with Crippen molar-refractivity contribution in [2.45, 2.75) is 19.3 Å². The zero-order valence-electron chi connectivity index (χ0n) is 11.2. The van der Waals surface area contributed by atoms with Crippen LogP contribution < -0.4 is 4.74 Å². The Morgan fingerprint density at radius 1 is 1.40 bits per heavy atom. The predicted octanol–water partition coefficient (Wildman–Crippen LogP) is 1.58. The maximum Gasteiger partial charge on any atom is 0.142 e. The predicted molar refractivity (Wildman–Crippen MR) is 71.9 cm³/mol. The zero-order chi connectivity index (χ0) is 13.7. The fourth-order valence-electron chi connectivity index (χ4n) is 3.08. The van der Waals surface area contributed by atoms with Crippen LogP contribution in [0.4, 0.5) is 0 Å². The minimum Gasteiger partial charge on any atom is -0.497 e. The number of aromatic nitrogens is 3. The minimum absolute atomic E-state index is 0.228. The first-order valence-corrected chi connectivity index (χ1v) is 6.86. The Morgan fingerprint density at radius 2 is 2.30 bits per heavy atom. The van der Waals surface area contributed by atoms with Gasteiger partial charge in [0.15, 0.2) is 0 Å². The van der Waals surface area contributed by atoms with Gasteiger partial charge in [0.25, 0.3) is 0 Å². The van der Waals surface area contributed by atoms with Crippen molar-refractivity contribution in [3.05, 3.63) is 35.7 Å². The summed E-state index contributed by atoms with van der Waals surface area (Å²) in [6.07, 6.45) is 4.05. The highest BCUT2D eigenvalue weighted by molar-refractivity contribution is 5.85. The summed E-state index contributed by atoms with van der Waals surface area (Å²) >= 11 is 0. The van der Waals surface area contributed by atoms with Gasteiger partial charge in [-0.15, -0.1) is 5.10 Å². The van der Waals surface area contributed by atoms with Crippen molar-refractivity contribution in [3.63, 3.8) is 0 Å². The first-order chi connectivity index (χ1) is 9.76. The highest BCUT2D eigenvalue weighted by Crippen LogP contribution is 2.44. The molecule has 0 spiro atoms. The summed E-state index contributed by atoms with van der Waals surface area (Å²) < 4.78 is 7.08. The number of ether oxygens (including phenoxy) is 1. The monoisotopic (exact) mass is 269 g/mol. The molecule has 4 rings (SSSR count). The molecule has 1 aliphatic heterocycles. The maximum atomic E-state index is 12.2. The number of carbonyl (C=O) groups is 1. The van der Waals surface area contributed by atoms with Gasteiger partial charge in [-0.25, -0.2) is 4.68 Å². The van der Waals surface area contributed by atoms with Crippen LogP contribution in [0.1, 0.15) is 17.7 Å². The Morgan fingerprint density at radius 3 is 3.15 bits per heavy atom. The second-order valence-corrected chi connectivity index (χ2v) is 5.58. The normalized spacial score (nSPS) is 23.8. The number of rotatable bonds is 1. The second kappa shape index (κ2) is 4.16. The summed E-state index contributed by atoms with van der Waals surface area (Å²) in [5, 5.41) is 8.12. The molecule has 1 aromatic carbocycles. The van der Waals surface area contributed by atoms with Crippen LogP contribution in [0.3, 0.4) is 0 Å². The second-order valence-electron chi connectivity index (χ2n) is 5.58. The van der Waals surface area contributed by atoms with Gasteiger partial charge in [0.05, 0.1) is 31.1 Å². The van der Waals surface area contributed by atoms with Crippen LogP contribution in [0.5, 0.6) is 5.75 Å². The van der Waals surface area contributed by atoms with E-state index >= 15 is 0 Å². The van der Waals surface area contributed by atoms with Crippen molar-refractivity contribution < 1.29 is 9.53 Å². The zero-order valence-corrected chi connectivity index (χ0v) is 11.2. The quantitative estimate of drug-likeness (QED) is 0.788. The molecule has 1 aliphatic carbocycles. The van der Waals surface area contributed by atoms with Gasteiger partial charge in [0, 0.05) is 12.0 Å².